The van der Waals surface area contributed by atoms with E-state index in [-0.39, 0.29) is 32.0 Å². The van der Waals surface area contributed by atoms with Crippen molar-refractivity contribution in [2.45, 2.75) is 81.6 Å². The number of allylic oxidation sites excluding steroid dienone is 1. The van der Waals surface area contributed by atoms with Crippen molar-refractivity contribution in [2.75, 3.05) is 13.2 Å². The van der Waals surface area contributed by atoms with Gasteiger partial charge in [-0.25, -0.2) is 4.68 Å². The number of aliphatic hydroxyl groups excluding tert-OH is 1. The fraction of sp³-hybridized carbons (Fsp3) is 0.395. The Kier molecular flexibility index (Phi) is 11.4. The smallest absolute Gasteiger partial charge is 0.313 e. The Labute approximate surface area is 325 Å². The van der Waals surface area contributed by atoms with Gasteiger partial charge < -0.3 is 29.7 Å². The van der Waals surface area contributed by atoms with E-state index in [4.69, 9.17) is 9.47 Å². The molecule has 56 heavy (non-hydrogen) atoms. The SMILES string of the molecule is C=CCCC(=O)N[C@@H](C)[C@H](OC(=O)[C@@H]1[C@@H]2CC[C@]3(O2)[C@H](C(=O)N(CC=C)Cn2nnc4ccccc42)N([C@@H](CO)Cc2ccccc2)C(=O)[C@@H]13)c1ccccc1. The monoisotopic (exact) mass is 760 g/mol. The van der Waals surface area contributed by atoms with E-state index in [9.17, 15) is 14.7 Å². The average molecular weight is 761 g/mol. The van der Waals surface area contributed by atoms with Gasteiger partial charge in [-0.3, -0.25) is 19.2 Å². The predicted octanol–water partition coefficient (Wildman–Crippen LogP) is 4.14. The summed E-state index contributed by atoms with van der Waals surface area (Å²) in [6.45, 7) is 9.08. The zero-order valence-corrected chi connectivity index (χ0v) is 31.5. The second kappa shape index (κ2) is 16.6. The van der Waals surface area contributed by atoms with Gasteiger partial charge in [0.05, 0.1) is 42.1 Å². The maximum Gasteiger partial charge on any atom is 0.313 e. The number of aliphatic hydroxyl groups is 1. The molecule has 292 valence electrons. The maximum absolute atomic E-state index is 15.2. The van der Waals surface area contributed by atoms with Crippen LogP contribution in [0.2, 0.25) is 0 Å². The molecule has 3 aliphatic rings. The van der Waals surface area contributed by atoms with Gasteiger partial charge in [-0.2, -0.15) is 0 Å². The van der Waals surface area contributed by atoms with Gasteiger partial charge in [0.1, 0.15) is 29.9 Å². The van der Waals surface area contributed by atoms with E-state index < -0.39 is 72.2 Å². The molecule has 4 aromatic rings. The van der Waals surface area contributed by atoms with E-state index >= 15 is 9.59 Å². The first-order valence-corrected chi connectivity index (χ1v) is 19.2. The number of para-hydroxylation sites is 1. The number of carbonyl (C=O) groups excluding carboxylic acids is 4. The number of nitrogens with one attached hydrogen (secondary N) is 1. The van der Waals surface area contributed by atoms with Crippen LogP contribution in [0.3, 0.4) is 0 Å². The summed E-state index contributed by atoms with van der Waals surface area (Å²) in [6, 6.07) is 23.4. The highest BCUT2D eigenvalue weighted by molar-refractivity contribution is 5.98. The van der Waals surface area contributed by atoms with E-state index in [1.165, 1.54) is 4.90 Å². The lowest BCUT2D eigenvalue weighted by molar-refractivity contribution is -0.162. The summed E-state index contributed by atoms with van der Waals surface area (Å²) in [5, 5.41) is 22.5. The van der Waals surface area contributed by atoms with E-state index in [1.807, 2.05) is 84.9 Å². The summed E-state index contributed by atoms with van der Waals surface area (Å²) in [6.07, 6.45) is 3.48. The number of aromatic nitrogens is 3. The minimum Gasteiger partial charge on any atom is -0.455 e. The van der Waals surface area contributed by atoms with Crippen LogP contribution in [-0.4, -0.2) is 96.6 Å². The predicted molar refractivity (Wildman–Crippen MR) is 207 cm³/mol. The van der Waals surface area contributed by atoms with Crippen LogP contribution in [0, 0.1) is 11.8 Å². The molecule has 3 amide bonds. The molecular formula is C43H48N6O7. The first-order chi connectivity index (χ1) is 27.2. The lowest BCUT2D eigenvalue weighted by Crippen LogP contribution is -2.59. The van der Waals surface area contributed by atoms with Gasteiger partial charge in [0.2, 0.25) is 17.7 Å². The first-order valence-electron chi connectivity index (χ1n) is 19.2. The molecule has 8 atom stereocenters. The zero-order chi connectivity index (χ0) is 39.4. The molecule has 0 saturated carbocycles. The highest BCUT2D eigenvalue weighted by Gasteiger charge is 2.75. The minimum absolute atomic E-state index is 0.0111. The molecule has 0 aliphatic carbocycles. The molecule has 3 aromatic carbocycles. The highest BCUT2D eigenvalue weighted by atomic mass is 16.6. The van der Waals surface area contributed by atoms with Crippen LogP contribution in [0.1, 0.15) is 49.8 Å². The van der Waals surface area contributed by atoms with Crippen molar-refractivity contribution in [3.8, 4) is 0 Å². The van der Waals surface area contributed by atoms with E-state index in [0.29, 0.717) is 30.3 Å². The second-order valence-electron chi connectivity index (χ2n) is 14.8. The van der Waals surface area contributed by atoms with Gasteiger partial charge >= 0.3 is 5.97 Å². The minimum atomic E-state index is -1.37. The Balaban J connectivity index is 1.24. The van der Waals surface area contributed by atoms with Crippen LogP contribution in [-0.2, 0) is 41.7 Å². The molecule has 13 nitrogen and oxygen atoms in total. The standard InChI is InChI=1S/C43H48N6O7/c1-4-6-21-35(51)44-28(3)38(30-17-11-8-12-18-30)55-42(54)36-34-22-23-43(56-34)37(36)40(52)49(31(26-50)25-29-15-9-7-10-16-29)39(43)41(53)47(24-5-2)27-48-33-20-14-13-19-32(33)45-46-48/h4-5,7-20,28,31,34,36-39,50H,1-2,6,21-27H2,3H3,(H,44,51)/t28-,31+,34-,36+,37+,38-,39-,43+/m0/s1. The van der Waals surface area contributed by atoms with Crippen molar-refractivity contribution in [1.29, 1.82) is 0 Å². The third-order valence-corrected chi connectivity index (χ3v) is 11.3. The summed E-state index contributed by atoms with van der Waals surface area (Å²) < 4.78 is 14.7. The Morgan fingerprint density at radius 2 is 1.77 bits per heavy atom. The van der Waals surface area contributed by atoms with Crippen molar-refractivity contribution < 1.29 is 33.8 Å². The molecule has 0 unspecified atom stereocenters. The second-order valence-corrected chi connectivity index (χ2v) is 14.8. The largest absolute Gasteiger partial charge is 0.455 e. The summed E-state index contributed by atoms with van der Waals surface area (Å²) in [5.41, 5.74) is 1.56. The topological polar surface area (TPSA) is 156 Å². The summed E-state index contributed by atoms with van der Waals surface area (Å²) in [5.74, 6) is -3.82. The summed E-state index contributed by atoms with van der Waals surface area (Å²) >= 11 is 0. The summed E-state index contributed by atoms with van der Waals surface area (Å²) in [7, 11) is 0. The van der Waals surface area contributed by atoms with Crippen molar-refractivity contribution in [1.82, 2.24) is 30.1 Å². The number of nitrogens with zero attached hydrogens (tertiary/aromatic N) is 5. The fourth-order valence-corrected chi connectivity index (χ4v) is 8.84. The lowest BCUT2D eigenvalue weighted by atomic mass is 9.70. The van der Waals surface area contributed by atoms with Gasteiger partial charge in [0, 0.05) is 13.0 Å². The average Bonchev–Trinajstić information content (AvgIpc) is 3.98. The molecule has 3 aliphatic heterocycles. The molecule has 3 saturated heterocycles. The molecule has 4 heterocycles. The summed E-state index contributed by atoms with van der Waals surface area (Å²) in [4.78, 5) is 60.6. The first kappa shape index (κ1) is 38.6. The molecule has 0 radical (unpaired) electrons. The van der Waals surface area contributed by atoms with Gasteiger partial charge in [-0.1, -0.05) is 90.2 Å². The van der Waals surface area contributed by atoms with Crippen molar-refractivity contribution in [3.05, 3.63) is 121 Å². The van der Waals surface area contributed by atoms with Crippen LogP contribution < -0.4 is 5.32 Å². The number of ether oxygens (including phenoxy) is 2. The number of rotatable bonds is 17. The maximum atomic E-state index is 15.2. The fourth-order valence-electron chi connectivity index (χ4n) is 8.84. The molecule has 2 bridgehead atoms. The van der Waals surface area contributed by atoms with Crippen molar-refractivity contribution in [2.24, 2.45) is 11.8 Å². The number of hydrogen-bond acceptors (Lipinski definition) is 9. The lowest BCUT2D eigenvalue weighted by Gasteiger charge is -2.39. The molecule has 13 heteroatoms. The molecule has 7 rings (SSSR count). The number of esters is 1. The van der Waals surface area contributed by atoms with Crippen molar-refractivity contribution >= 4 is 34.7 Å². The van der Waals surface area contributed by atoms with Crippen molar-refractivity contribution in [3.63, 3.8) is 0 Å². The van der Waals surface area contributed by atoms with Gasteiger partial charge in [-0.05, 0) is 55.9 Å². The number of benzene rings is 3. The molecular weight excluding hydrogens is 713 g/mol. The molecule has 3 fully saturated rings. The quantitative estimate of drug-likeness (QED) is 0.119. The number of fused-ring (bicyclic) bond motifs is 2. The van der Waals surface area contributed by atoms with Crippen LogP contribution in [0.15, 0.2) is 110 Å². The number of likely N-dealkylation sites (tertiary alicyclic amines) is 1. The molecule has 2 N–H and O–H groups in total. The number of carbonyl (C=O) groups is 4. The Bertz CT molecular complexity index is 2070. The number of amides is 3. The van der Waals surface area contributed by atoms with Crippen LogP contribution in [0.5, 0.6) is 0 Å². The zero-order valence-electron chi connectivity index (χ0n) is 31.5. The van der Waals surface area contributed by atoms with E-state index in [1.54, 1.807) is 28.7 Å². The number of hydrogen-bond donors (Lipinski definition) is 2. The Morgan fingerprint density at radius 3 is 2.48 bits per heavy atom. The third-order valence-electron chi connectivity index (χ3n) is 11.3. The Morgan fingerprint density at radius 1 is 1.05 bits per heavy atom. The molecule has 1 spiro atoms. The van der Waals surface area contributed by atoms with E-state index in [2.05, 4.69) is 28.8 Å². The van der Waals surface area contributed by atoms with Gasteiger partial charge in [0.25, 0.3) is 0 Å². The normalized spacial score (nSPS) is 24.0. The van der Waals surface area contributed by atoms with Gasteiger partial charge in [-0.15, -0.1) is 18.3 Å². The van der Waals surface area contributed by atoms with Crippen LogP contribution in [0.25, 0.3) is 11.0 Å². The third kappa shape index (κ3) is 7.24. The van der Waals surface area contributed by atoms with Gasteiger partial charge in [0.15, 0.2) is 0 Å². The Hall–Kier alpha value is -5.66. The van der Waals surface area contributed by atoms with Crippen LogP contribution >= 0.6 is 0 Å². The molecule has 1 aromatic heterocycles. The van der Waals surface area contributed by atoms with Crippen LogP contribution in [0.4, 0.5) is 0 Å². The van der Waals surface area contributed by atoms with E-state index in [0.717, 1.165) is 11.1 Å². The highest BCUT2D eigenvalue weighted by Crippen LogP contribution is 2.59.